The fraction of sp³-hybridized carbons (Fsp3) is 0.500. The molecule has 0 heterocycles. The number of carbonyl (C=O) groups excluding carboxylic acids is 1. The van der Waals surface area contributed by atoms with Crippen molar-refractivity contribution in [2.75, 3.05) is 18.5 Å². The lowest BCUT2D eigenvalue weighted by molar-refractivity contribution is -0.124. The summed E-state index contributed by atoms with van der Waals surface area (Å²) in [5.41, 5.74) is 2.63. The summed E-state index contributed by atoms with van der Waals surface area (Å²) < 4.78 is 11.7. The number of amides is 1. The van der Waals surface area contributed by atoms with E-state index in [9.17, 15) is 4.79 Å². The molecule has 2 rings (SSSR count). The quantitative estimate of drug-likeness (QED) is 0.426. The summed E-state index contributed by atoms with van der Waals surface area (Å²) in [4.78, 5) is 12.7. The third-order valence-electron chi connectivity index (χ3n) is 5.24. The van der Waals surface area contributed by atoms with Gasteiger partial charge in [0.2, 0.25) is 5.91 Å². The molecule has 2 aromatic carbocycles. The van der Waals surface area contributed by atoms with Gasteiger partial charge in [0.1, 0.15) is 11.5 Å². The van der Waals surface area contributed by atoms with Crippen molar-refractivity contribution in [2.45, 2.75) is 60.8 Å². The Kier molecular flexibility index (Phi) is 8.76. The first kappa shape index (κ1) is 23.8. The molecule has 0 spiro atoms. The highest BCUT2D eigenvalue weighted by Crippen LogP contribution is 2.26. The van der Waals surface area contributed by atoms with Crippen LogP contribution in [-0.4, -0.2) is 19.1 Å². The molecule has 0 saturated heterocycles. The second kappa shape index (κ2) is 11.1. The van der Waals surface area contributed by atoms with E-state index in [4.69, 9.17) is 9.47 Å². The van der Waals surface area contributed by atoms with Crippen LogP contribution in [0, 0.1) is 25.2 Å². The molecule has 0 radical (unpaired) electrons. The molecule has 164 valence electrons. The Labute approximate surface area is 182 Å². The standard InChI is InChI=1S/C26H37NO3/c1-19(2)14-17-29-23-12-10-22(11-13-23)27-25(28)26(5,6)15-7-16-30-24-18-20(3)8-9-21(24)4/h8-13,18-19H,7,14-17H2,1-6H3,(H,27,28). The molecular formula is C26H37NO3. The lowest BCUT2D eigenvalue weighted by Gasteiger charge is -2.24. The van der Waals surface area contributed by atoms with Gasteiger partial charge in [-0.05, 0) is 80.5 Å². The van der Waals surface area contributed by atoms with E-state index in [-0.39, 0.29) is 5.91 Å². The van der Waals surface area contributed by atoms with Crippen LogP contribution in [0.2, 0.25) is 0 Å². The SMILES string of the molecule is Cc1ccc(C)c(OCCCC(C)(C)C(=O)Nc2ccc(OCCC(C)C)cc2)c1. The zero-order chi connectivity index (χ0) is 22.1. The zero-order valence-electron chi connectivity index (χ0n) is 19.4. The van der Waals surface area contributed by atoms with Crippen LogP contribution < -0.4 is 14.8 Å². The Balaban J connectivity index is 1.78. The summed E-state index contributed by atoms with van der Waals surface area (Å²) in [5, 5.41) is 3.02. The van der Waals surface area contributed by atoms with E-state index in [1.165, 1.54) is 5.56 Å². The highest BCUT2D eigenvalue weighted by Gasteiger charge is 2.27. The second-order valence-corrected chi connectivity index (χ2v) is 9.11. The second-order valence-electron chi connectivity index (χ2n) is 9.11. The van der Waals surface area contributed by atoms with Crippen molar-refractivity contribution >= 4 is 11.6 Å². The Hall–Kier alpha value is -2.49. The van der Waals surface area contributed by atoms with E-state index >= 15 is 0 Å². The Morgan fingerprint density at radius 1 is 1.00 bits per heavy atom. The normalized spacial score (nSPS) is 11.4. The van der Waals surface area contributed by atoms with Crippen LogP contribution in [0.1, 0.15) is 58.1 Å². The van der Waals surface area contributed by atoms with Crippen molar-refractivity contribution in [3.8, 4) is 11.5 Å². The van der Waals surface area contributed by atoms with Gasteiger partial charge in [0.25, 0.3) is 0 Å². The highest BCUT2D eigenvalue weighted by molar-refractivity contribution is 5.94. The molecule has 2 aromatic rings. The van der Waals surface area contributed by atoms with E-state index < -0.39 is 5.41 Å². The molecule has 0 unspecified atom stereocenters. The van der Waals surface area contributed by atoms with Crippen LogP contribution >= 0.6 is 0 Å². The number of anilines is 1. The highest BCUT2D eigenvalue weighted by atomic mass is 16.5. The average Bonchev–Trinajstić information content (AvgIpc) is 2.69. The molecule has 1 N–H and O–H groups in total. The molecule has 4 nitrogen and oxygen atoms in total. The monoisotopic (exact) mass is 411 g/mol. The van der Waals surface area contributed by atoms with Gasteiger partial charge in [0.15, 0.2) is 0 Å². The molecule has 0 fully saturated rings. The van der Waals surface area contributed by atoms with Gasteiger partial charge in [-0.3, -0.25) is 4.79 Å². The maximum atomic E-state index is 12.7. The summed E-state index contributed by atoms with van der Waals surface area (Å²) in [7, 11) is 0. The molecule has 0 saturated carbocycles. The summed E-state index contributed by atoms with van der Waals surface area (Å²) >= 11 is 0. The zero-order valence-corrected chi connectivity index (χ0v) is 19.4. The van der Waals surface area contributed by atoms with Crippen molar-refractivity contribution in [2.24, 2.45) is 11.3 Å². The predicted octanol–water partition coefficient (Wildman–Crippen LogP) is 6.55. The van der Waals surface area contributed by atoms with Gasteiger partial charge in [-0.15, -0.1) is 0 Å². The molecule has 4 heteroatoms. The summed E-state index contributed by atoms with van der Waals surface area (Å²) in [5.74, 6) is 2.39. The number of hydrogen-bond donors (Lipinski definition) is 1. The first-order valence-corrected chi connectivity index (χ1v) is 10.9. The van der Waals surface area contributed by atoms with Gasteiger partial charge in [-0.1, -0.05) is 39.8 Å². The van der Waals surface area contributed by atoms with E-state index in [0.29, 0.717) is 19.1 Å². The summed E-state index contributed by atoms with van der Waals surface area (Å²) in [6.45, 7) is 13.7. The van der Waals surface area contributed by atoms with Crippen LogP contribution in [-0.2, 0) is 4.79 Å². The number of carbonyl (C=O) groups is 1. The molecular weight excluding hydrogens is 374 g/mol. The Morgan fingerprint density at radius 2 is 1.70 bits per heavy atom. The molecule has 0 bridgehead atoms. The largest absolute Gasteiger partial charge is 0.494 e. The minimum Gasteiger partial charge on any atom is -0.494 e. The fourth-order valence-electron chi connectivity index (χ4n) is 3.02. The number of rotatable bonds is 11. The number of ether oxygens (including phenoxy) is 2. The number of nitrogens with one attached hydrogen (secondary N) is 1. The van der Waals surface area contributed by atoms with Crippen molar-refractivity contribution in [1.82, 2.24) is 0 Å². The first-order valence-electron chi connectivity index (χ1n) is 10.9. The van der Waals surface area contributed by atoms with Gasteiger partial charge < -0.3 is 14.8 Å². The van der Waals surface area contributed by atoms with E-state index in [0.717, 1.165) is 42.0 Å². The van der Waals surface area contributed by atoms with Crippen LogP contribution in [0.4, 0.5) is 5.69 Å². The molecule has 0 atom stereocenters. The molecule has 0 aliphatic carbocycles. The topological polar surface area (TPSA) is 47.6 Å². The molecule has 0 aliphatic rings. The molecule has 1 amide bonds. The van der Waals surface area contributed by atoms with Crippen LogP contribution in [0.15, 0.2) is 42.5 Å². The minimum absolute atomic E-state index is 0.0164. The first-order chi connectivity index (χ1) is 14.2. The number of hydrogen-bond acceptors (Lipinski definition) is 3. The van der Waals surface area contributed by atoms with Crippen LogP contribution in [0.3, 0.4) is 0 Å². The number of aryl methyl sites for hydroxylation is 2. The summed E-state index contributed by atoms with van der Waals surface area (Å²) in [6, 6.07) is 13.8. The Morgan fingerprint density at radius 3 is 2.37 bits per heavy atom. The van der Waals surface area contributed by atoms with Gasteiger partial charge in [0.05, 0.1) is 13.2 Å². The lowest BCUT2D eigenvalue weighted by Crippen LogP contribution is -2.31. The van der Waals surface area contributed by atoms with Gasteiger partial charge >= 0.3 is 0 Å². The van der Waals surface area contributed by atoms with Crippen molar-refractivity contribution in [3.05, 3.63) is 53.6 Å². The van der Waals surface area contributed by atoms with E-state index in [1.807, 2.05) is 45.0 Å². The molecule has 0 aromatic heterocycles. The van der Waals surface area contributed by atoms with Gasteiger partial charge in [0, 0.05) is 11.1 Å². The third kappa shape index (κ3) is 7.74. The Bertz CT molecular complexity index is 810. The van der Waals surface area contributed by atoms with Crippen LogP contribution in [0.5, 0.6) is 11.5 Å². The maximum absolute atomic E-state index is 12.7. The van der Waals surface area contributed by atoms with Crippen LogP contribution in [0.25, 0.3) is 0 Å². The molecule has 30 heavy (non-hydrogen) atoms. The average molecular weight is 412 g/mol. The van der Waals surface area contributed by atoms with Gasteiger partial charge in [-0.25, -0.2) is 0 Å². The van der Waals surface area contributed by atoms with E-state index in [1.54, 1.807) is 0 Å². The van der Waals surface area contributed by atoms with Gasteiger partial charge in [-0.2, -0.15) is 0 Å². The minimum atomic E-state index is -0.475. The van der Waals surface area contributed by atoms with Crippen molar-refractivity contribution < 1.29 is 14.3 Å². The third-order valence-corrected chi connectivity index (χ3v) is 5.24. The van der Waals surface area contributed by atoms with Crippen molar-refractivity contribution in [1.29, 1.82) is 0 Å². The predicted molar refractivity (Wildman–Crippen MR) is 124 cm³/mol. The fourth-order valence-corrected chi connectivity index (χ4v) is 3.02. The smallest absolute Gasteiger partial charge is 0.230 e. The summed E-state index contributed by atoms with van der Waals surface area (Å²) in [6.07, 6.45) is 2.59. The lowest BCUT2D eigenvalue weighted by atomic mass is 9.87. The maximum Gasteiger partial charge on any atom is 0.230 e. The van der Waals surface area contributed by atoms with Crippen molar-refractivity contribution in [3.63, 3.8) is 0 Å². The van der Waals surface area contributed by atoms with E-state index in [2.05, 4.69) is 44.3 Å². The molecule has 0 aliphatic heterocycles. The number of benzene rings is 2.